The zero-order valence-corrected chi connectivity index (χ0v) is 11.7. The van der Waals surface area contributed by atoms with E-state index in [-0.39, 0.29) is 5.54 Å². The summed E-state index contributed by atoms with van der Waals surface area (Å²) in [5.74, 6) is 0.333. The maximum Gasteiger partial charge on any atom is 0.120 e. The van der Waals surface area contributed by atoms with Gasteiger partial charge in [-0.2, -0.15) is 0 Å². The Labute approximate surface area is 114 Å². The van der Waals surface area contributed by atoms with E-state index in [9.17, 15) is 5.11 Å². The average Bonchev–Trinajstić information content (AvgIpc) is 2.37. The SMILES string of the molecule is COCC(C)(C)NCc1c(O)ccc2ccccc12. The van der Waals surface area contributed by atoms with Crippen LogP contribution in [0.3, 0.4) is 0 Å². The van der Waals surface area contributed by atoms with Crippen LogP contribution in [0.5, 0.6) is 5.75 Å². The molecule has 0 aromatic heterocycles. The largest absolute Gasteiger partial charge is 0.508 e. The summed E-state index contributed by atoms with van der Waals surface area (Å²) in [6.45, 7) is 5.40. The van der Waals surface area contributed by atoms with Crippen LogP contribution in [0, 0.1) is 0 Å². The van der Waals surface area contributed by atoms with Gasteiger partial charge in [-0.05, 0) is 30.7 Å². The van der Waals surface area contributed by atoms with Crippen molar-refractivity contribution in [2.75, 3.05) is 13.7 Å². The van der Waals surface area contributed by atoms with Crippen LogP contribution in [0.2, 0.25) is 0 Å². The molecule has 0 aliphatic carbocycles. The number of nitrogens with one attached hydrogen (secondary N) is 1. The van der Waals surface area contributed by atoms with Crippen molar-refractivity contribution in [2.24, 2.45) is 0 Å². The summed E-state index contributed by atoms with van der Waals surface area (Å²) in [6, 6.07) is 11.8. The van der Waals surface area contributed by atoms with Crippen LogP contribution >= 0.6 is 0 Å². The molecule has 3 heteroatoms. The van der Waals surface area contributed by atoms with Crippen molar-refractivity contribution < 1.29 is 9.84 Å². The topological polar surface area (TPSA) is 41.5 Å². The third kappa shape index (κ3) is 3.25. The number of rotatable bonds is 5. The van der Waals surface area contributed by atoms with E-state index in [4.69, 9.17) is 4.74 Å². The molecule has 0 heterocycles. The van der Waals surface area contributed by atoms with E-state index >= 15 is 0 Å². The van der Waals surface area contributed by atoms with Gasteiger partial charge in [0.15, 0.2) is 0 Å². The molecule has 0 atom stereocenters. The molecule has 2 aromatic rings. The fourth-order valence-corrected chi connectivity index (χ4v) is 2.25. The number of phenols is 1. The van der Waals surface area contributed by atoms with Crippen molar-refractivity contribution in [3.63, 3.8) is 0 Å². The van der Waals surface area contributed by atoms with E-state index in [2.05, 4.69) is 25.2 Å². The van der Waals surface area contributed by atoms with E-state index < -0.39 is 0 Å². The monoisotopic (exact) mass is 259 g/mol. The number of fused-ring (bicyclic) bond motifs is 1. The lowest BCUT2D eigenvalue weighted by Crippen LogP contribution is -2.42. The molecule has 0 aliphatic rings. The highest BCUT2D eigenvalue weighted by Crippen LogP contribution is 2.27. The Balaban J connectivity index is 2.27. The molecule has 0 radical (unpaired) electrons. The van der Waals surface area contributed by atoms with Gasteiger partial charge in [-0.15, -0.1) is 0 Å². The number of ether oxygens (including phenoxy) is 1. The highest BCUT2D eigenvalue weighted by atomic mass is 16.5. The first-order valence-corrected chi connectivity index (χ1v) is 6.47. The zero-order valence-electron chi connectivity index (χ0n) is 11.7. The first-order chi connectivity index (χ1) is 9.03. The Kier molecular flexibility index (Phi) is 4.08. The summed E-state index contributed by atoms with van der Waals surface area (Å²) in [4.78, 5) is 0. The van der Waals surface area contributed by atoms with Gasteiger partial charge in [0.25, 0.3) is 0 Å². The molecular weight excluding hydrogens is 238 g/mol. The summed E-state index contributed by atoms with van der Waals surface area (Å²) in [7, 11) is 1.69. The minimum atomic E-state index is -0.127. The number of phenolic OH excluding ortho intramolecular Hbond substituents is 1. The van der Waals surface area contributed by atoms with Crippen LogP contribution < -0.4 is 5.32 Å². The van der Waals surface area contributed by atoms with Crippen molar-refractivity contribution in [1.29, 1.82) is 0 Å². The molecule has 0 bridgehead atoms. The lowest BCUT2D eigenvalue weighted by molar-refractivity contribution is 0.127. The lowest BCUT2D eigenvalue weighted by Gasteiger charge is -2.26. The third-order valence-corrected chi connectivity index (χ3v) is 3.26. The predicted molar refractivity (Wildman–Crippen MR) is 78.4 cm³/mol. The van der Waals surface area contributed by atoms with Gasteiger partial charge in [0, 0.05) is 24.8 Å². The van der Waals surface area contributed by atoms with Gasteiger partial charge in [0.1, 0.15) is 5.75 Å². The van der Waals surface area contributed by atoms with E-state index in [1.54, 1.807) is 13.2 Å². The minimum absolute atomic E-state index is 0.127. The average molecular weight is 259 g/mol. The van der Waals surface area contributed by atoms with Crippen molar-refractivity contribution in [1.82, 2.24) is 5.32 Å². The normalized spacial score (nSPS) is 11.9. The van der Waals surface area contributed by atoms with E-state index in [0.29, 0.717) is 18.9 Å². The fraction of sp³-hybridized carbons (Fsp3) is 0.375. The third-order valence-electron chi connectivity index (χ3n) is 3.26. The summed E-state index contributed by atoms with van der Waals surface area (Å²) in [5.41, 5.74) is 0.806. The Morgan fingerprint density at radius 3 is 2.63 bits per heavy atom. The quantitative estimate of drug-likeness (QED) is 0.867. The Morgan fingerprint density at radius 1 is 1.16 bits per heavy atom. The molecule has 102 valence electrons. The van der Waals surface area contributed by atoms with Gasteiger partial charge < -0.3 is 15.2 Å². The second-order valence-electron chi connectivity index (χ2n) is 5.45. The standard InChI is InChI=1S/C16H21NO2/c1-16(2,11-19-3)17-10-14-13-7-5-4-6-12(13)8-9-15(14)18/h4-9,17-18H,10-11H2,1-3H3. The Hall–Kier alpha value is -1.58. The smallest absolute Gasteiger partial charge is 0.120 e. The zero-order chi connectivity index (χ0) is 13.9. The number of benzene rings is 2. The fourth-order valence-electron chi connectivity index (χ4n) is 2.25. The van der Waals surface area contributed by atoms with Crippen LogP contribution in [0.15, 0.2) is 36.4 Å². The predicted octanol–water partition coefficient (Wildman–Crippen LogP) is 3.06. The number of aromatic hydroxyl groups is 1. The lowest BCUT2D eigenvalue weighted by atomic mass is 10.0. The van der Waals surface area contributed by atoms with E-state index in [1.807, 2.05) is 24.3 Å². The number of hydrogen-bond acceptors (Lipinski definition) is 3. The second-order valence-corrected chi connectivity index (χ2v) is 5.45. The molecule has 2 aromatic carbocycles. The molecule has 0 unspecified atom stereocenters. The Bertz CT molecular complexity index is 564. The highest BCUT2D eigenvalue weighted by Gasteiger charge is 2.17. The van der Waals surface area contributed by atoms with Crippen molar-refractivity contribution in [3.8, 4) is 5.75 Å². The first-order valence-electron chi connectivity index (χ1n) is 6.47. The van der Waals surface area contributed by atoms with Crippen LogP contribution in [0.25, 0.3) is 10.8 Å². The van der Waals surface area contributed by atoms with Crippen LogP contribution in [0.4, 0.5) is 0 Å². The van der Waals surface area contributed by atoms with Gasteiger partial charge in [-0.1, -0.05) is 30.3 Å². The maximum absolute atomic E-state index is 10.1. The molecule has 19 heavy (non-hydrogen) atoms. The second kappa shape index (κ2) is 5.59. The van der Waals surface area contributed by atoms with Crippen LogP contribution in [-0.4, -0.2) is 24.4 Å². The Morgan fingerprint density at radius 2 is 1.89 bits per heavy atom. The molecular formula is C16H21NO2. The summed E-state index contributed by atoms with van der Waals surface area (Å²) in [5, 5.41) is 15.7. The molecule has 0 amide bonds. The van der Waals surface area contributed by atoms with Crippen molar-refractivity contribution in [2.45, 2.75) is 25.9 Å². The van der Waals surface area contributed by atoms with Crippen molar-refractivity contribution >= 4 is 10.8 Å². The first kappa shape index (κ1) is 13.8. The van der Waals surface area contributed by atoms with Crippen LogP contribution in [-0.2, 0) is 11.3 Å². The van der Waals surface area contributed by atoms with Crippen LogP contribution in [0.1, 0.15) is 19.4 Å². The van der Waals surface area contributed by atoms with Gasteiger partial charge in [-0.3, -0.25) is 0 Å². The molecule has 2 N–H and O–H groups in total. The molecule has 0 saturated heterocycles. The minimum Gasteiger partial charge on any atom is -0.508 e. The van der Waals surface area contributed by atoms with E-state index in [1.165, 1.54) is 0 Å². The summed E-state index contributed by atoms with van der Waals surface area (Å²) < 4.78 is 5.19. The number of hydrogen-bond donors (Lipinski definition) is 2. The maximum atomic E-state index is 10.1. The van der Waals surface area contributed by atoms with Gasteiger partial charge in [0.2, 0.25) is 0 Å². The van der Waals surface area contributed by atoms with Gasteiger partial charge >= 0.3 is 0 Å². The molecule has 3 nitrogen and oxygen atoms in total. The summed E-state index contributed by atoms with van der Waals surface area (Å²) in [6.07, 6.45) is 0. The molecule has 2 rings (SSSR count). The highest BCUT2D eigenvalue weighted by molar-refractivity contribution is 5.87. The van der Waals surface area contributed by atoms with Gasteiger partial charge in [0.05, 0.1) is 6.61 Å². The molecule has 0 aliphatic heterocycles. The van der Waals surface area contributed by atoms with Crippen molar-refractivity contribution in [3.05, 3.63) is 42.0 Å². The molecule has 0 spiro atoms. The van der Waals surface area contributed by atoms with E-state index in [0.717, 1.165) is 16.3 Å². The number of methoxy groups -OCH3 is 1. The molecule has 0 fully saturated rings. The van der Waals surface area contributed by atoms with Gasteiger partial charge in [-0.25, -0.2) is 0 Å². The summed E-state index contributed by atoms with van der Waals surface area (Å²) >= 11 is 0. The molecule has 0 saturated carbocycles.